The Bertz CT molecular complexity index is 1050. The molecular formula is C26H32N2O4S. The highest BCUT2D eigenvalue weighted by Gasteiger charge is 2.39. The molecule has 1 aliphatic carbocycles. The minimum atomic E-state index is -0.764. The highest BCUT2D eigenvalue weighted by atomic mass is 32.2. The summed E-state index contributed by atoms with van der Waals surface area (Å²) in [6, 6.07) is 1.94. The zero-order valence-corrected chi connectivity index (χ0v) is 21.2. The Morgan fingerprint density at radius 1 is 1.42 bits per heavy atom. The number of hydrogen-bond acceptors (Lipinski definition) is 7. The number of fused-ring (bicyclic) bond motifs is 1. The molecule has 6 nitrogen and oxygen atoms in total. The summed E-state index contributed by atoms with van der Waals surface area (Å²) in [6.07, 6.45) is 15.0. The lowest BCUT2D eigenvalue weighted by Gasteiger charge is -2.30. The number of terminal acetylenes is 1. The number of carbonyl (C=O) groups excluding carboxylic acids is 1. The summed E-state index contributed by atoms with van der Waals surface area (Å²) in [7, 11) is 1.59. The molecule has 0 amide bonds. The van der Waals surface area contributed by atoms with Gasteiger partial charge in [-0.2, -0.15) is 0 Å². The van der Waals surface area contributed by atoms with Crippen LogP contribution in [0, 0.1) is 23.7 Å². The van der Waals surface area contributed by atoms with E-state index in [0.717, 1.165) is 28.3 Å². The van der Waals surface area contributed by atoms with Crippen molar-refractivity contribution in [1.29, 1.82) is 0 Å². The summed E-state index contributed by atoms with van der Waals surface area (Å²) in [5.41, 5.74) is 2.35. The molecule has 0 saturated carbocycles. The lowest BCUT2D eigenvalue weighted by molar-refractivity contribution is -0.192. The fourth-order valence-electron chi connectivity index (χ4n) is 3.76. The fraction of sp³-hybridized carbons (Fsp3) is 0.500. The molecule has 0 aromatic carbocycles. The van der Waals surface area contributed by atoms with Gasteiger partial charge < -0.3 is 14.3 Å². The zero-order chi connectivity index (χ0) is 24.4. The van der Waals surface area contributed by atoms with Gasteiger partial charge in [0.2, 0.25) is 17.0 Å². The van der Waals surface area contributed by atoms with Crippen LogP contribution in [0.3, 0.4) is 0 Å². The Balaban J connectivity index is 1.76. The van der Waals surface area contributed by atoms with Crippen LogP contribution >= 0.6 is 11.8 Å². The molecule has 4 unspecified atom stereocenters. The highest BCUT2D eigenvalue weighted by Crippen LogP contribution is 2.39. The van der Waals surface area contributed by atoms with Crippen molar-refractivity contribution in [1.82, 2.24) is 4.98 Å². The van der Waals surface area contributed by atoms with Crippen molar-refractivity contribution in [3.8, 4) is 12.3 Å². The number of hydrogen-bond donors (Lipinski definition) is 0. The van der Waals surface area contributed by atoms with Crippen LogP contribution in [0.4, 0.5) is 0 Å². The van der Waals surface area contributed by atoms with Gasteiger partial charge in [-0.3, -0.25) is 9.78 Å². The number of ketones is 1. The Morgan fingerprint density at radius 3 is 2.76 bits per heavy atom. The second-order valence-electron chi connectivity index (χ2n) is 9.25. The quantitative estimate of drug-likeness (QED) is 0.298. The predicted octanol–water partition coefficient (Wildman–Crippen LogP) is 5.15. The van der Waals surface area contributed by atoms with Gasteiger partial charge >= 0.3 is 0 Å². The molecular weight excluding hydrogens is 436 g/mol. The van der Waals surface area contributed by atoms with Gasteiger partial charge in [-0.05, 0) is 24.5 Å². The first-order valence-electron chi connectivity index (χ1n) is 10.9. The molecule has 0 saturated heterocycles. The van der Waals surface area contributed by atoms with Crippen molar-refractivity contribution in [3.63, 3.8) is 0 Å². The average molecular weight is 469 g/mol. The Hall–Kier alpha value is -2.56. The Kier molecular flexibility index (Phi) is 7.40. The van der Waals surface area contributed by atoms with Crippen molar-refractivity contribution in [2.75, 3.05) is 13.4 Å². The minimum absolute atomic E-state index is 0.0845. The first-order chi connectivity index (χ1) is 15.5. The topological polar surface area (TPSA) is 70.0 Å². The second kappa shape index (κ2) is 9.74. The van der Waals surface area contributed by atoms with Crippen LogP contribution in [0.5, 0.6) is 0 Å². The van der Waals surface area contributed by atoms with Crippen LogP contribution < -0.4 is 0 Å². The number of oxime groups is 1. The second-order valence-corrected chi connectivity index (χ2v) is 10.2. The summed E-state index contributed by atoms with van der Waals surface area (Å²) in [5.74, 6) is 2.73. The van der Waals surface area contributed by atoms with Crippen LogP contribution in [0.25, 0.3) is 6.08 Å². The fourth-order valence-corrected chi connectivity index (χ4v) is 4.28. The van der Waals surface area contributed by atoms with Crippen molar-refractivity contribution in [3.05, 3.63) is 47.0 Å². The number of methoxy groups -OCH3 is 1. The van der Waals surface area contributed by atoms with E-state index in [1.54, 1.807) is 19.4 Å². The summed E-state index contributed by atoms with van der Waals surface area (Å²) in [5, 5.41) is 4.19. The molecule has 0 bridgehead atoms. The lowest BCUT2D eigenvalue weighted by atomic mass is 9.83. The summed E-state index contributed by atoms with van der Waals surface area (Å²) in [4.78, 5) is 23.0. The molecule has 2 aliphatic rings. The molecule has 1 aromatic heterocycles. The molecule has 0 N–H and O–H groups in total. The number of thioether (sulfide) groups is 1. The summed E-state index contributed by atoms with van der Waals surface area (Å²) >= 11 is 1.36. The molecule has 33 heavy (non-hydrogen) atoms. The molecule has 176 valence electrons. The van der Waals surface area contributed by atoms with E-state index in [2.05, 4.69) is 29.9 Å². The standard InChI is InChI=1S/C26H32N2O4S/c1-9-18-12-19-13-21(16(2)17(3)23(19)27-15-18)31-24(33-8)20(29)10-11-25(4,5)22-14-26(6,30-7)32-28-22/h1,10-13,15-17,24H,14H2,2-8H3. The first kappa shape index (κ1) is 25.1. The third-order valence-electron chi connectivity index (χ3n) is 6.41. The van der Waals surface area contributed by atoms with Gasteiger partial charge in [0.25, 0.3) is 0 Å². The number of allylic oxidation sites excluding steroid dienone is 2. The van der Waals surface area contributed by atoms with Gasteiger partial charge in [0.05, 0.1) is 17.8 Å². The van der Waals surface area contributed by atoms with Crippen molar-refractivity contribution < 1.29 is 19.1 Å². The maximum absolute atomic E-state index is 13.0. The lowest BCUT2D eigenvalue weighted by Crippen LogP contribution is -2.30. The smallest absolute Gasteiger partial charge is 0.239 e. The minimum Gasteiger partial charge on any atom is -0.476 e. The largest absolute Gasteiger partial charge is 0.476 e. The number of carbonyl (C=O) groups is 1. The molecule has 2 heterocycles. The molecule has 4 atom stereocenters. The van der Waals surface area contributed by atoms with E-state index in [1.807, 2.05) is 45.2 Å². The van der Waals surface area contributed by atoms with E-state index < -0.39 is 16.6 Å². The molecule has 3 rings (SSSR count). The number of pyridine rings is 1. The van der Waals surface area contributed by atoms with Gasteiger partial charge in [-0.25, -0.2) is 0 Å². The van der Waals surface area contributed by atoms with E-state index in [9.17, 15) is 4.79 Å². The van der Waals surface area contributed by atoms with Gasteiger partial charge in [0.15, 0.2) is 0 Å². The van der Waals surface area contributed by atoms with Gasteiger partial charge in [-0.1, -0.05) is 44.8 Å². The Labute approximate surface area is 200 Å². The summed E-state index contributed by atoms with van der Waals surface area (Å²) < 4.78 is 11.6. The van der Waals surface area contributed by atoms with Crippen molar-refractivity contribution >= 4 is 29.3 Å². The summed E-state index contributed by atoms with van der Waals surface area (Å²) in [6.45, 7) is 10.0. The normalized spacial score (nSPS) is 25.5. The van der Waals surface area contributed by atoms with Gasteiger partial charge in [0.1, 0.15) is 5.76 Å². The van der Waals surface area contributed by atoms with Crippen molar-refractivity contribution in [2.45, 2.75) is 58.2 Å². The monoisotopic (exact) mass is 468 g/mol. The van der Waals surface area contributed by atoms with Gasteiger partial charge in [0, 0.05) is 48.6 Å². The van der Waals surface area contributed by atoms with Crippen LogP contribution in [0.2, 0.25) is 0 Å². The van der Waals surface area contributed by atoms with Crippen LogP contribution in [-0.4, -0.2) is 41.1 Å². The SMILES string of the molecule is C#Cc1cnc2c(c1)C=C(OC(SC)C(=O)C=CC(C)(C)C1=NOC(C)(OC)C1)C(C)C2C. The van der Waals surface area contributed by atoms with Gasteiger partial charge in [-0.15, -0.1) is 18.2 Å². The third kappa shape index (κ3) is 5.34. The van der Waals surface area contributed by atoms with Crippen LogP contribution in [-0.2, 0) is 19.1 Å². The number of nitrogens with zero attached hydrogens (tertiary/aromatic N) is 2. The molecule has 7 heteroatoms. The van der Waals surface area contributed by atoms with Crippen molar-refractivity contribution in [2.24, 2.45) is 16.5 Å². The zero-order valence-electron chi connectivity index (χ0n) is 20.3. The first-order valence-corrected chi connectivity index (χ1v) is 12.2. The van der Waals surface area contributed by atoms with E-state index >= 15 is 0 Å². The maximum Gasteiger partial charge on any atom is 0.239 e. The van der Waals surface area contributed by atoms with E-state index in [-0.39, 0.29) is 17.6 Å². The molecule has 1 aromatic rings. The number of aromatic nitrogens is 1. The molecule has 1 aliphatic heterocycles. The molecule has 0 fully saturated rings. The number of ether oxygens (including phenoxy) is 2. The number of rotatable bonds is 8. The predicted molar refractivity (Wildman–Crippen MR) is 133 cm³/mol. The van der Waals surface area contributed by atoms with E-state index in [0.29, 0.717) is 6.42 Å². The van der Waals surface area contributed by atoms with Crippen LogP contribution in [0.1, 0.15) is 63.8 Å². The maximum atomic E-state index is 13.0. The highest BCUT2D eigenvalue weighted by molar-refractivity contribution is 7.99. The molecule has 0 spiro atoms. The Morgan fingerprint density at radius 2 is 2.15 bits per heavy atom. The average Bonchev–Trinajstić information content (AvgIpc) is 3.22. The van der Waals surface area contributed by atoms with Crippen LogP contribution in [0.15, 0.2) is 35.3 Å². The molecule has 0 radical (unpaired) electrons. The third-order valence-corrected chi connectivity index (χ3v) is 7.17. The van der Waals surface area contributed by atoms with E-state index in [4.69, 9.17) is 20.7 Å². The van der Waals surface area contributed by atoms with E-state index in [1.165, 1.54) is 11.8 Å².